The van der Waals surface area contributed by atoms with Crippen molar-refractivity contribution in [1.82, 2.24) is 15.4 Å². The summed E-state index contributed by atoms with van der Waals surface area (Å²) in [5, 5.41) is 7.13. The van der Waals surface area contributed by atoms with E-state index in [1.165, 1.54) is 18.4 Å². The molecular formula is C19H25N3O2. The molecule has 2 aromatic rings. The van der Waals surface area contributed by atoms with Crippen molar-refractivity contribution in [2.24, 2.45) is 0 Å². The van der Waals surface area contributed by atoms with E-state index in [9.17, 15) is 4.79 Å². The molecule has 1 saturated carbocycles. The standard InChI is InChI=1S/C19H25N3O2/c1-13-4-6-15(7-5-13)14(2)20-19(23)12-22(3)11-17-10-18(24-21-17)16-8-9-16/h4-7,10,14,16H,8-9,11-12H2,1-3H3,(H,20,23). The van der Waals surface area contributed by atoms with Crippen LogP contribution in [-0.2, 0) is 11.3 Å². The van der Waals surface area contributed by atoms with Crippen molar-refractivity contribution in [1.29, 1.82) is 0 Å². The summed E-state index contributed by atoms with van der Waals surface area (Å²) in [7, 11) is 1.92. The molecule has 1 aliphatic rings. The fraction of sp³-hybridized carbons (Fsp3) is 0.474. The van der Waals surface area contributed by atoms with Crippen LogP contribution in [0.4, 0.5) is 0 Å². The molecule has 1 amide bonds. The zero-order chi connectivity index (χ0) is 17.1. The lowest BCUT2D eigenvalue weighted by Crippen LogP contribution is -2.36. The second-order valence-corrected chi connectivity index (χ2v) is 6.87. The third-order valence-electron chi connectivity index (χ3n) is 4.36. The van der Waals surface area contributed by atoms with Crippen molar-refractivity contribution in [2.45, 2.75) is 45.2 Å². The van der Waals surface area contributed by atoms with Crippen molar-refractivity contribution in [2.75, 3.05) is 13.6 Å². The van der Waals surface area contributed by atoms with E-state index < -0.39 is 0 Å². The minimum Gasteiger partial charge on any atom is -0.361 e. The summed E-state index contributed by atoms with van der Waals surface area (Å²) in [6.07, 6.45) is 2.40. The van der Waals surface area contributed by atoms with Gasteiger partial charge in [0.15, 0.2) is 0 Å². The fourth-order valence-corrected chi connectivity index (χ4v) is 2.77. The summed E-state index contributed by atoms with van der Waals surface area (Å²) in [5.74, 6) is 1.56. The first kappa shape index (κ1) is 16.7. The summed E-state index contributed by atoms with van der Waals surface area (Å²) in [4.78, 5) is 14.2. The average molecular weight is 327 g/mol. The molecule has 1 heterocycles. The number of rotatable bonds is 7. The highest BCUT2D eigenvalue weighted by atomic mass is 16.5. The van der Waals surface area contributed by atoms with Crippen molar-refractivity contribution < 1.29 is 9.32 Å². The Kier molecular flexibility index (Phi) is 5.00. The van der Waals surface area contributed by atoms with Crippen LogP contribution in [0.1, 0.15) is 54.3 Å². The Balaban J connectivity index is 1.47. The second-order valence-electron chi connectivity index (χ2n) is 6.87. The van der Waals surface area contributed by atoms with Gasteiger partial charge in [-0.2, -0.15) is 0 Å². The predicted molar refractivity (Wildman–Crippen MR) is 92.5 cm³/mol. The lowest BCUT2D eigenvalue weighted by atomic mass is 10.1. The predicted octanol–water partition coefficient (Wildman–Crippen LogP) is 3.17. The number of nitrogens with one attached hydrogen (secondary N) is 1. The van der Waals surface area contributed by atoms with E-state index in [0.29, 0.717) is 19.0 Å². The summed E-state index contributed by atoms with van der Waals surface area (Å²) >= 11 is 0. The minimum atomic E-state index is 0.0000181. The number of benzene rings is 1. The molecule has 1 atom stereocenters. The molecule has 0 spiro atoms. The molecule has 0 radical (unpaired) electrons. The lowest BCUT2D eigenvalue weighted by Gasteiger charge is -2.18. The molecule has 0 bridgehead atoms. The number of carbonyl (C=O) groups excluding carboxylic acids is 1. The Morgan fingerprint density at radius 2 is 2.08 bits per heavy atom. The molecule has 0 aliphatic heterocycles. The van der Waals surface area contributed by atoms with Gasteiger partial charge in [0.1, 0.15) is 5.76 Å². The quantitative estimate of drug-likeness (QED) is 0.848. The second kappa shape index (κ2) is 7.18. The Bertz CT molecular complexity index is 689. The number of carbonyl (C=O) groups is 1. The maximum absolute atomic E-state index is 12.2. The highest BCUT2D eigenvalue weighted by Crippen LogP contribution is 2.40. The van der Waals surface area contributed by atoms with Crippen LogP contribution < -0.4 is 5.32 Å². The zero-order valence-electron chi connectivity index (χ0n) is 14.6. The number of nitrogens with zero attached hydrogens (tertiary/aromatic N) is 2. The van der Waals surface area contributed by atoms with Gasteiger partial charge in [-0.05, 0) is 39.3 Å². The van der Waals surface area contributed by atoms with Crippen molar-refractivity contribution in [3.63, 3.8) is 0 Å². The van der Waals surface area contributed by atoms with E-state index in [1.807, 2.05) is 24.9 Å². The fourth-order valence-electron chi connectivity index (χ4n) is 2.77. The molecule has 1 aliphatic carbocycles. The van der Waals surface area contributed by atoms with E-state index in [0.717, 1.165) is 17.0 Å². The summed E-state index contributed by atoms with van der Waals surface area (Å²) in [5.41, 5.74) is 3.22. The van der Waals surface area contributed by atoms with Gasteiger partial charge in [-0.15, -0.1) is 0 Å². The van der Waals surface area contributed by atoms with Gasteiger partial charge < -0.3 is 9.84 Å². The van der Waals surface area contributed by atoms with Crippen molar-refractivity contribution >= 4 is 5.91 Å². The number of hydrogen-bond acceptors (Lipinski definition) is 4. The van der Waals surface area contributed by atoms with Crippen LogP contribution in [0.25, 0.3) is 0 Å². The number of hydrogen-bond donors (Lipinski definition) is 1. The van der Waals surface area contributed by atoms with E-state index in [4.69, 9.17) is 4.52 Å². The van der Waals surface area contributed by atoms with Gasteiger partial charge in [0.05, 0.1) is 18.3 Å². The van der Waals surface area contributed by atoms with E-state index in [2.05, 4.69) is 41.7 Å². The summed E-state index contributed by atoms with van der Waals surface area (Å²) < 4.78 is 5.35. The normalized spacial score (nSPS) is 15.5. The SMILES string of the molecule is Cc1ccc(C(C)NC(=O)CN(C)Cc2cc(C3CC3)on2)cc1. The number of amides is 1. The summed E-state index contributed by atoms with van der Waals surface area (Å²) in [6, 6.07) is 10.2. The molecule has 24 heavy (non-hydrogen) atoms. The first-order chi connectivity index (χ1) is 11.5. The molecule has 1 unspecified atom stereocenters. The molecule has 3 rings (SSSR count). The van der Waals surface area contributed by atoms with Crippen LogP contribution in [0.15, 0.2) is 34.9 Å². The van der Waals surface area contributed by atoms with Crippen LogP contribution in [0.3, 0.4) is 0 Å². The van der Waals surface area contributed by atoms with Gasteiger partial charge in [0.2, 0.25) is 5.91 Å². The lowest BCUT2D eigenvalue weighted by molar-refractivity contribution is -0.122. The maximum Gasteiger partial charge on any atom is 0.234 e. The molecular weight excluding hydrogens is 302 g/mol. The van der Waals surface area contributed by atoms with Crippen LogP contribution in [0, 0.1) is 6.92 Å². The first-order valence-corrected chi connectivity index (χ1v) is 8.51. The molecule has 1 fully saturated rings. The van der Waals surface area contributed by atoms with Crippen LogP contribution >= 0.6 is 0 Å². The monoisotopic (exact) mass is 327 g/mol. The molecule has 1 aromatic heterocycles. The van der Waals surface area contributed by atoms with Crippen molar-refractivity contribution in [3.8, 4) is 0 Å². The Morgan fingerprint density at radius 3 is 2.75 bits per heavy atom. The van der Waals surface area contributed by atoms with Crippen LogP contribution in [0.2, 0.25) is 0 Å². The van der Waals surface area contributed by atoms with Gasteiger partial charge in [-0.25, -0.2) is 0 Å². The Labute approximate surface area is 143 Å². The molecule has 0 saturated heterocycles. The van der Waals surface area contributed by atoms with Gasteiger partial charge in [-0.3, -0.25) is 9.69 Å². The molecule has 1 aromatic carbocycles. The third-order valence-corrected chi connectivity index (χ3v) is 4.36. The number of aryl methyl sites for hydroxylation is 1. The molecule has 1 N–H and O–H groups in total. The minimum absolute atomic E-state index is 0.0000181. The van der Waals surface area contributed by atoms with Crippen LogP contribution in [0.5, 0.6) is 0 Å². The smallest absolute Gasteiger partial charge is 0.234 e. The van der Waals surface area contributed by atoms with Crippen LogP contribution in [-0.4, -0.2) is 29.6 Å². The molecule has 5 heteroatoms. The highest BCUT2D eigenvalue weighted by Gasteiger charge is 2.28. The Hall–Kier alpha value is -2.14. The topological polar surface area (TPSA) is 58.4 Å². The van der Waals surface area contributed by atoms with E-state index in [1.54, 1.807) is 0 Å². The highest BCUT2D eigenvalue weighted by molar-refractivity contribution is 5.78. The molecule has 5 nitrogen and oxygen atoms in total. The largest absolute Gasteiger partial charge is 0.361 e. The van der Waals surface area contributed by atoms with E-state index >= 15 is 0 Å². The number of likely N-dealkylation sites (N-methyl/N-ethyl adjacent to an activating group) is 1. The van der Waals surface area contributed by atoms with Crippen molar-refractivity contribution in [3.05, 3.63) is 52.9 Å². The number of aromatic nitrogens is 1. The van der Waals surface area contributed by atoms with Gasteiger partial charge >= 0.3 is 0 Å². The van der Waals surface area contributed by atoms with Gasteiger partial charge in [-0.1, -0.05) is 35.0 Å². The summed E-state index contributed by atoms with van der Waals surface area (Å²) in [6.45, 7) is 5.01. The van der Waals surface area contributed by atoms with E-state index in [-0.39, 0.29) is 11.9 Å². The zero-order valence-corrected chi connectivity index (χ0v) is 14.6. The van der Waals surface area contributed by atoms with Gasteiger partial charge in [0.25, 0.3) is 0 Å². The van der Waals surface area contributed by atoms with Gasteiger partial charge in [0, 0.05) is 18.5 Å². The average Bonchev–Trinajstić information content (AvgIpc) is 3.28. The first-order valence-electron chi connectivity index (χ1n) is 8.51. The molecule has 128 valence electrons. The maximum atomic E-state index is 12.2. The Morgan fingerprint density at radius 1 is 1.38 bits per heavy atom. The third kappa shape index (κ3) is 4.45.